The molecule has 0 fully saturated rings. The topological polar surface area (TPSA) is 64.2 Å². The van der Waals surface area contributed by atoms with Crippen LogP contribution in [0.5, 0.6) is 0 Å². The molecule has 28 heavy (non-hydrogen) atoms. The summed E-state index contributed by atoms with van der Waals surface area (Å²) >= 11 is 0. The zero-order chi connectivity index (χ0) is 19.5. The average molecular weight is 373 g/mol. The van der Waals surface area contributed by atoms with Crippen molar-refractivity contribution in [2.24, 2.45) is 0 Å². The monoisotopic (exact) mass is 373 g/mol. The van der Waals surface area contributed by atoms with E-state index in [1.807, 2.05) is 73.1 Å². The number of nitrogens with one attached hydrogen (secondary N) is 1. The van der Waals surface area contributed by atoms with Gasteiger partial charge in [0.05, 0.1) is 6.04 Å². The molecule has 142 valence electrons. The fraction of sp³-hybridized carbons (Fsp3) is 0.227. The number of fused-ring (bicyclic) bond motifs is 1. The van der Waals surface area contributed by atoms with E-state index in [0.717, 1.165) is 35.6 Å². The van der Waals surface area contributed by atoms with Crippen LogP contribution in [0, 0.1) is 13.8 Å². The lowest BCUT2D eigenvalue weighted by Crippen LogP contribution is -2.29. The lowest BCUT2D eigenvalue weighted by molar-refractivity contribution is 0.0929. The summed E-state index contributed by atoms with van der Waals surface area (Å²) in [6.45, 7) is 4.77. The zero-order valence-electron chi connectivity index (χ0n) is 16.0. The van der Waals surface area contributed by atoms with Crippen molar-refractivity contribution in [1.29, 1.82) is 0 Å². The molecule has 0 saturated carbocycles. The van der Waals surface area contributed by atoms with Crippen molar-refractivity contribution in [3.8, 4) is 0 Å². The van der Waals surface area contributed by atoms with E-state index in [9.17, 15) is 4.79 Å². The van der Waals surface area contributed by atoms with E-state index in [0.29, 0.717) is 5.69 Å². The van der Waals surface area contributed by atoms with Crippen molar-refractivity contribution in [2.75, 3.05) is 0 Å². The Labute approximate surface area is 163 Å². The van der Waals surface area contributed by atoms with Gasteiger partial charge in [0.2, 0.25) is 0 Å². The highest BCUT2D eigenvalue weighted by Crippen LogP contribution is 2.19. The molecule has 4 rings (SSSR count). The molecule has 6 nitrogen and oxygen atoms in total. The minimum absolute atomic E-state index is 0.109. The molecule has 1 N–H and O–H groups in total. The molecule has 0 radical (unpaired) electrons. The number of aryl methyl sites for hydroxylation is 3. The van der Waals surface area contributed by atoms with Crippen LogP contribution in [-0.2, 0) is 6.54 Å². The number of amides is 1. The van der Waals surface area contributed by atoms with E-state index >= 15 is 0 Å². The van der Waals surface area contributed by atoms with E-state index < -0.39 is 0 Å². The molecular formula is C22H23N5O. The van der Waals surface area contributed by atoms with Crippen LogP contribution < -0.4 is 5.32 Å². The normalized spacial score (nSPS) is 12.2. The first-order chi connectivity index (χ1) is 13.6. The molecule has 0 saturated heterocycles. The molecule has 1 amide bonds. The number of pyridine rings is 1. The first-order valence-electron chi connectivity index (χ1n) is 9.39. The standard InChI is InChI=1S/C22H23N5O/c1-16-8-9-21-24-20(15-27(21)14-16)22(28)25-19(18-6-4-3-5-7-18)10-12-26-13-11-23-17(26)2/h3-9,11,13-15,19H,10,12H2,1-2H3,(H,25,28)/t19-/m0/s1. The van der Waals surface area contributed by atoms with E-state index in [1.165, 1.54) is 0 Å². The summed E-state index contributed by atoms with van der Waals surface area (Å²) in [5.41, 5.74) is 3.38. The molecule has 1 atom stereocenters. The van der Waals surface area contributed by atoms with Crippen molar-refractivity contribution >= 4 is 11.6 Å². The molecule has 0 spiro atoms. The van der Waals surface area contributed by atoms with Crippen LogP contribution in [0.4, 0.5) is 0 Å². The van der Waals surface area contributed by atoms with E-state index in [2.05, 4.69) is 19.9 Å². The summed E-state index contributed by atoms with van der Waals surface area (Å²) in [6.07, 6.45) is 8.27. The summed E-state index contributed by atoms with van der Waals surface area (Å²) in [7, 11) is 0. The van der Waals surface area contributed by atoms with Crippen molar-refractivity contribution in [3.63, 3.8) is 0 Å². The summed E-state index contributed by atoms with van der Waals surface area (Å²) in [5.74, 6) is 0.798. The van der Waals surface area contributed by atoms with Crippen LogP contribution in [0.1, 0.15) is 39.9 Å². The van der Waals surface area contributed by atoms with Crippen LogP contribution in [-0.4, -0.2) is 24.8 Å². The molecule has 1 aromatic carbocycles. The quantitative estimate of drug-likeness (QED) is 0.560. The Kier molecular flexibility index (Phi) is 4.93. The molecule has 3 aromatic heterocycles. The minimum atomic E-state index is -0.169. The number of benzene rings is 1. The van der Waals surface area contributed by atoms with Crippen LogP contribution in [0.25, 0.3) is 5.65 Å². The molecular weight excluding hydrogens is 350 g/mol. The lowest BCUT2D eigenvalue weighted by atomic mass is 10.0. The maximum absolute atomic E-state index is 12.9. The Morgan fingerprint density at radius 2 is 1.93 bits per heavy atom. The van der Waals surface area contributed by atoms with Crippen molar-refractivity contribution in [2.45, 2.75) is 32.9 Å². The maximum Gasteiger partial charge on any atom is 0.271 e. The van der Waals surface area contributed by atoms with Gasteiger partial charge in [-0.25, -0.2) is 9.97 Å². The Balaban J connectivity index is 1.55. The van der Waals surface area contributed by atoms with Gasteiger partial charge in [-0.3, -0.25) is 4.79 Å². The van der Waals surface area contributed by atoms with Gasteiger partial charge in [0.25, 0.3) is 5.91 Å². The molecule has 4 aromatic rings. The number of imidazole rings is 2. The van der Waals surface area contributed by atoms with Gasteiger partial charge in [-0.15, -0.1) is 0 Å². The number of carbonyl (C=O) groups excluding carboxylic acids is 1. The summed E-state index contributed by atoms with van der Waals surface area (Å²) in [5, 5.41) is 3.16. The van der Waals surface area contributed by atoms with Gasteiger partial charge in [0.15, 0.2) is 0 Å². The predicted octanol–water partition coefficient (Wildman–Crippen LogP) is 3.71. The number of carbonyl (C=O) groups is 1. The molecule has 3 heterocycles. The molecule has 0 bridgehead atoms. The highest BCUT2D eigenvalue weighted by atomic mass is 16.2. The van der Waals surface area contributed by atoms with Gasteiger partial charge >= 0.3 is 0 Å². The second-order valence-electron chi connectivity index (χ2n) is 6.99. The summed E-state index contributed by atoms with van der Waals surface area (Å²) in [6, 6.07) is 13.8. The maximum atomic E-state index is 12.9. The van der Waals surface area contributed by atoms with Crippen LogP contribution in [0.3, 0.4) is 0 Å². The third kappa shape index (κ3) is 3.81. The predicted molar refractivity (Wildman–Crippen MR) is 108 cm³/mol. The van der Waals surface area contributed by atoms with E-state index in [4.69, 9.17) is 0 Å². The molecule has 0 aliphatic heterocycles. The van der Waals surface area contributed by atoms with E-state index in [1.54, 1.807) is 12.4 Å². The first kappa shape index (κ1) is 18.0. The Morgan fingerprint density at radius 1 is 1.11 bits per heavy atom. The Morgan fingerprint density at radius 3 is 2.68 bits per heavy atom. The smallest absolute Gasteiger partial charge is 0.271 e. The fourth-order valence-electron chi connectivity index (χ4n) is 3.36. The first-order valence-corrected chi connectivity index (χ1v) is 9.39. The fourth-order valence-corrected chi connectivity index (χ4v) is 3.36. The number of aromatic nitrogens is 4. The summed E-state index contributed by atoms with van der Waals surface area (Å²) < 4.78 is 3.98. The van der Waals surface area contributed by atoms with Crippen molar-refractivity contribution < 1.29 is 4.79 Å². The highest BCUT2D eigenvalue weighted by Gasteiger charge is 2.18. The molecule has 0 unspecified atom stereocenters. The van der Waals surface area contributed by atoms with Gasteiger partial charge in [-0.2, -0.15) is 0 Å². The van der Waals surface area contributed by atoms with Crippen LogP contribution >= 0.6 is 0 Å². The highest BCUT2D eigenvalue weighted by molar-refractivity contribution is 5.93. The van der Waals surface area contributed by atoms with Gasteiger partial charge < -0.3 is 14.3 Å². The molecule has 0 aliphatic rings. The van der Waals surface area contributed by atoms with Gasteiger partial charge in [0.1, 0.15) is 17.2 Å². The Hall–Kier alpha value is -3.41. The SMILES string of the molecule is Cc1ccc2nc(C(=O)N[C@@H](CCn3ccnc3C)c3ccccc3)cn2c1. The van der Waals surface area contributed by atoms with Crippen LogP contribution in [0.2, 0.25) is 0 Å². The molecule has 6 heteroatoms. The van der Waals surface area contributed by atoms with Crippen LogP contribution in [0.15, 0.2) is 67.3 Å². The van der Waals surface area contributed by atoms with Crippen molar-refractivity contribution in [3.05, 3.63) is 89.9 Å². The number of hydrogen-bond donors (Lipinski definition) is 1. The van der Waals surface area contributed by atoms with Gasteiger partial charge in [0, 0.05) is 31.3 Å². The third-order valence-corrected chi connectivity index (χ3v) is 4.92. The van der Waals surface area contributed by atoms with Gasteiger partial charge in [-0.05, 0) is 37.5 Å². The Bertz CT molecular complexity index is 1100. The second kappa shape index (κ2) is 7.68. The van der Waals surface area contributed by atoms with Gasteiger partial charge in [-0.1, -0.05) is 36.4 Å². The largest absolute Gasteiger partial charge is 0.344 e. The number of rotatable bonds is 6. The zero-order valence-corrected chi connectivity index (χ0v) is 16.0. The number of hydrogen-bond acceptors (Lipinski definition) is 3. The second-order valence-corrected chi connectivity index (χ2v) is 6.99. The third-order valence-electron chi connectivity index (χ3n) is 4.92. The molecule has 0 aliphatic carbocycles. The lowest BCUT2D eigenvalue weighted by Gasteiger charge is -2.19. The van der Waals surface area contributed by atoms with E-state index in [-0.39, 0.29) is 11.9 Å². The average Bonchev–Trinajstić information content (AvgIpc) is 3.31. The number of nitrogens with zero attached hydrogens (tertiary/aromatic N) is 4. The summed E-state index contributed by atoms with van der Waals surface area (Å²) in [4.78, 5) is 21.6. The van der Waals surface area contributed by atoms with Crippen molar-refractivity contribution in [1.82, 2.24) is 24.3 Å². The minimum Gasteiger partial charge on any atom is -0.344 e.